The fourth-order valence-corrected chi connectivity index (χ4v) is 1.87. The number of aliphatic hydroxyl groups excluding tert-OH is 1. The van der Waals surface area contributed by atoms with E-state index in [0.29, 0.717) is 0 Å². The van der Waals surface area contributed by atoms with Gasteiger partial charge in [0, 0.05) is 0 Å². The van der Waals surface area contributed by atoms with Gasteiger partial charge in [-0.05, 0) is 37.0 Å². The number of aryl methyl sites for hydroxylation is 1. The summed E-state index contributed by atoms with van der Waals surface area (Å²) >= 11 is 0. The number of fused-ring (bicyclic) bond motifs is 1. The van der Waals surface area contributed by atoms with Crippen LogP contribution in [-0.2, 0) is 6.42 Å². The van der Waals surface area contributed by atoms with E-state index in [1.807, 2.05) is 18.2 Å². The van der Waals surface area contributed by atoms with Crippen molar-refractivity contribution in [3.8, 4) is 5.75 Å². The van der Waals surface area contributed by atoms with Crippen molar-refractivity contribution in [2.24, 2.45) is 5.73 Å². The molecule has 15 heavy (non-hydrogen) atoms. The molecule has 0 aliphatic carbocycles. The number of hydrogen-bond donors (Lipinski definition) is 2. The van der Waals surface area contributed by atoms with Gasteiger partial charge in [-0.15, -0.1) is 0 Å². The van der Waals surface area contributed by atoms with Gasteiger partial charge >= 0.3 is 0 Å². The normalized spacial score (nSPS) is 18.9. The van der Waals surface area contributed by atoms with Crippen molar-refractivity contribution in [2.45, 2.75) is 31.9 Å². The lowest BCUT2D eigenvalue weighted by Crippen LogP contribution is -2.23. The lowest BCUT2D eigenvalue weighted by molar-refractivity contribution is 0.164. The second kappa shape index (κ2) is 4.21. The molecule has 0 saturated carbocycles. The molecule has 0 fully saturated rings. The molecule has 0 spiro atoms. The molecule has 0 saturated heterocycles. The Balaban J connectivity index is 2.27. The second-order valence-corrected chi connectivity index (χ2v) is 4.09. The summed E-state index contributed by atoms with van der Waals surface area (Å²) in [5.74, 6) is 0.961. The van der Waals surface area contributed by atoms with Gasteiger partial charge in [-0.3, -0.25) is 0 Å². The van der Waals surface area contributed by atoms with Crippen LogP contribution in [0, 0.1) is 0 Å². The molecule has 2 rings (SSSR count). The Labute approximate surface area is 89.9 Å². The lowest BCUT2D eigenvalue weighted by atomic mass is 9.97. The number of aliphatic hydroxyl groups is 1. The van der Waals surface area contributed by atoms with E-state index in [1.165, 1.54) is 5.56 Å². The zero-order valence-corrected chi connectivity index (χ0v) is 8.94. The van der Waals surface area contributed by atoms with Crippen LogP contribution in [0.3, 0.4) is 0 Å². The van der Waals surface area contributed by atoms with Gasteiger partial charge in [-0.2, -0.15) is 0 Å². The largest absolute Gasteiger partial charge is 0.493 e. The molecule has 1 aromatic carbocycles. The number of ether oxygens (including phenoxy) is 1. The van der Waals surface area contributed by atoms with Crippen LogP contribution in [0.4, 0.5) is 0 Å². The van der Waals surface area contributed by atoms with Gasteiger partial charge in [-0.1, -0.05) is 12.1 Å². The smallest absolute Gasteiger partial charge is 0.122 e. The summed E-state index contributed by atoms with van der Waals surface area (Å²) in [6.07, 6.45) is 1.57. The van der Waals surface area contributed by atoms with Crippen molar-refractivity contribution < 1.29 is 9.84 Å². The minimum absolute atomic E-state index is 0.308. The van der Waals surface area contributed by atoms with Crippen LogP contribution in [0.15, 0.2) is 18.2 Å². The van der Waals surface area contributed by atoms with Gasteiger partial charge in [0.15, 0.2) is 0 Å². The van der Waals surface area contributed by atoms with E-state index >= 15 is 0 Å². The van der Waals surface area contributed by atoms with E-state index in [-0.39, 0.29) is 6.04 Å². The summed E-state index contributed by atoms with van der Waals surface area (Å²) in [5, 5.41) is 9.42. The molecule has 82 valence electrons. The Morgan fingerprint density at radius 2 is 2.27 bits per heavy atom. The van der Waals surface area contributed by atoms with Gasteiger partial charge < -0.3 is 15.6 Å². The molecule has 0 radical (unpaired) electrons. The first-order chi connectivity index (χ1) is 7.18. The van der Waals surface area contributed by atoms with Crippen molar-refractivity contribution in [2.75, 3.05) is 6.61 Å². The molecular formula is C12H17NO2. The molecule has 3 heteroatoms. The average Bonchev–Trinajstić information content (AvgIpc) is 2.27. The first-order valence-electron chi connectivity index (χ1n) is 5.38. The maximum Gasteiger partial charge on any atom is 0.122 e. The van der Waals surface area contributed by atoms with E-state index in [0.717, 1.165) is 30.8 Å². The summed E-state index contributed by atoms with van der Waals surface area (Å²) in [4.78, 5) is 0. The standard InChI is InChI=1S/C12H17NO2/c1-8(14)12(13)10-4-5-11-9(7-10)3-2-6-15-11/h4-5,7-8,12,14H,2-3,6,13H2,1H3. The van der Waals surface area contributed by atoms with Crippen molar-refractivity contribution in [1.82, 2.24) is 0 Å². The van der Waals surface area contributed by atoms with Crippen LogP contribution in [0.5, 0.6) is 5.75 Å². The molecule has 3 nitrogen and oxygen atoms in total. The molecule has 0 amide bonds. The molecule has 1 aliphatic heterocycles. The first kappa shape index (κ1) is 10.5. The number of hydrogen-bond acceptors (Lipinski definition) is 3. The Bertz CT molecular complexity index is 349. The SMILES string of the molecule is CC(O)C(N)c1ccc2c(c1)CCCO2. The second-order valence-electron chi connectivity index (χ2n) is 4.09. The molecule has 3 N–H and O–H groups in total. The van der Waals surface area contributed by atoms with Gasteiger partial charge in [0.25, 0.3) is 0 Å². The van der Waals surface area contributed by atoms with Crippen molar-refractivity contribution in [3.63, 3.8) is 0 Å². The predicted octanol–water partition coefficient (Wildman–Crippen LogP) is 1.39. The van der Waals surface area contributed by atoms with Crippen LogP contribution >= 0.6 is 0 Å². The topological polar surface area (TPSA) is 55.5 Å². The third-order valence-electron chi connectivity index (χ3n) is 2.84. The van der Waals surface area contributed by atoms with Crippen molar-refractivity contribution >= 4 is 0 Å². The molecule has 1 aliphatic rings. The minimum Gasteiger partial charge on any atom is -0.493 e. The number of rotatable bonds is 2. The maximum absolute atomic E-state index is 9.42. The van der Waals surface area contributed by atoms with Crippen molar-refractivity contribution in [1.29, 1.82) is 0 Å². The Kier molecular flexibility index (Phi) is 2.93. The van der Waals surface area contributed by atoms with E-state index in [2.05, 4.69) is 0 Å². The van der Waals surface area contributed by atoms with Crippen LogP contribution in [0.2, 0.25) is 0 Å². The predicted molar refractivity (Wildman–Crippen MR) is 58.9 cm³/mol. The third kappa shape index (κ3) is 2.13. The first-order valence-corrected chi connectivity index (χ1v) is 5.38. The molecular weight excluding hydrogens is 190 g/mol. The van der Waals surface area contributed by atoms with Gasteiger partial charge in [0.2, 0.25) is 0 Å². The summed E-state index contributed by atoms with van der Waals surface area (Å²) in [6, 6.07) is 5.62. The van der Waals surface area contributed by atoms with E-state index in [9.17, 15) is 5.11 Å². The van der Waals surface area contributed by atoms with E-state index in [1.54, 1.807) is 6.92 Å². The molecule has 0 aromatic heterocycles. The highest BCUT2D eigenvalue weighted by molar-refractivity contribution is 5.39. The summed E-state index contributed by atoms with van der Waals surface area (Å²) in [6.45, 7) is 2.51. The van der Waals surface area contributed by atoms with Crippen LogP contribution in [-0.4, -0.2) is 17.8 Å². The molecule has 2 atom stereocenters. The number of nitrogens with two attached hydrogens (primary N) is 1. The highest BCUT2D eigenvalue weighted by atomic mass is 16.5. The molecule has 1 aromatic rings. The summed E-state index contributed by atoms with van der Waals surface area (Å²) in [7, 11) is 0. The summed E-state index contributed by atoms with van der Waals surface area (Å²) < 4.78 is 5.52. The average molecular weight is 207 g/mol. The molecule has 0 bridgehead atoms. The monoisotopic (exact) mass is 207 g/mol. The zero-order chi connectivity index (χ0) is 10.8. The molecule has 2 unspecified atom stereocenters. The van der Waals surface area contributed by atoms with Gasteiger partial charge in [0.1, 0.15) is 5.75 Å². The fourth-order valence-electron chi connectivity index (χ4n) is 1.87. The minimum atomic E-state index is -0.521. The summed E-state index contributed by atoms with van der Waals surface area (Å²) in [5.41, 5.74) is 8.06. The molecule has 1 heterocycles. The maximum atomic E-state index is 9.42. The van der Waals surface area contributed by atoms with Gasteiger partial charge in [-0.25, -0.2) is 0 Å². The Morgan fingerprint density at radius 3 is 3.00 bits per heavy atom. The van der Waals surface area contributed by atoms with Gasteiger partial charge in [0.05, 0.1) is 18.8 Å². The third-order valence-corrected chi connectivity index (χ3v) is 2.84. The fraction of sp³-hybridized carbons (Fsp3) is 0.500. The van der Waals surface area contributed by atoms with Crippen LogP contribution in [0.25, 0.3) is 0 Å². The quantitative estimate of drug-likeness (QED) is 0.770. The number of benzene rings is 1. The van der Waals surface area contributed by atoms with E-state index in [4.69, 9.17) is 10.5 Å². The lowest BCUT2D eigenvalue weighted by Gasteiger charge is -2.21. The highest BCUT2D eigenvalue weighted by Crippen LogP contribution is 2.27. The van der Waals surface area contributed by atoms with Crippen molar-refractivity contribution in [3.05, 3.63) is 29.3 Å². The Hall–Kier alpha value is -1.06. The van der Waals surface area contributed by atoms with E-state index < -0.39 is 6.10 Å². The van der Waals surface area contributed by atoms with Crippen LogP contribution < -0.4 is 10.5 Å². The highest BCUT2D eigenvalue weighted by Gasteiger charge is 2.16. The zero-order valence-electron chi connectivity index (χ0n) is 8.94. The Morgan fingerprint density at radius 1 is 1.47 bits per heavy atom. The van der Waals surface area contributed by atoms with Crippen LogP contribution in [0.1, 0.15) is 30.5 Å².